The minimum absolute atomic E-state index is 0.0348. The number of rotatable bonds is 10. The second-order valence-electron chi connectivity index (χ2n) is 4.55. The molecule has 6 nitrogen and oxygen atoms in total. The Hall–Kier alpha value is -1.99. The molecule has 0 heterocycles. The molecule has 0 bridgehead atoms. The molecular weight excluding hydrogens is 291 g/mol. The lowest BCUT2D eigenvalue weighted by Gasteiger charge is -2.08. The van der Waals surface area contributed by atoms with Gasteiger partial charge in [-0.25, -0.2) is 4.39 Å². The van der Waals surface area contributed by atoms with Crippen LogP contribution in [-0.4, -0.2) is 51.8 Å². The fourth-order valence-electron chi connectivity index (χ4n) is 1.61. The van der Waals surface area contributed by atoms with Gasteiger partial charge in [0.15, 0.2) is 0 Å². The Labute approximate surface area is 129 Å². The Bertz CT molecular complexity index is 465. The molecule has 0 aromatic heterocycles. The summed E-state index contributed by atoms with van der Waals surface area (Å²) in [6.07, 6.45) is 0.175. The Morgan fingerprint density at radius 1 is 1.05 bits per heavy atom. The molecule has 0 aliphatic heterocycles. The van der Waals surface area contributed by atoms with E-state index in [0.717, 1.165) is 5.56 Å². The zero-order valence-electron chi connectivity index (χ0n) is 12.6. The van der Waals surface area contributed by atoms with E-state index in [-0.39, 0.29) is 30.7 Å². The van der Waals surface area contributed by atoms with E-state index in [9.17, 15) is 14.0 Å². The van der Waals surface area contributed by atoms with Crippen molar-refractivity contribution < 1.29 is 23.5 Å². The molecule has 122 valence electrons. The van der Waals surface area contributed by atoms with Crippen LogP contribution in [0.3, 0.4) is 0 Å². The van der Waals surface area contributed by atoms with Crippen molar-refractivity contribution in [2.75, 3.05) is 40.0 Å². The van der Waals surface area contributed by atoms with Gasteiger partial charge in [-0.05, 0) is 17.7 Å². The summed E-state index contributed by atoms with van der Waals surface area (Å²) < 4.78 is 22.5. The van der Waals surface area contributed by atoms with Crippen LogP contribution >= 0.6 is 0 Å². The number of nitrogens with one attached hydrogen (secondary N) is 2. The predicted molar refractivity (Wildman–Crippen MR) is 78.8 cm³/mol. The molecule has 0 spiro atoms. The van der Waals surface area contributed by atoms with E-state index in [1.807, 2.05) is 0 Å². The van der Waals surface area contributed by atoms with E-state index in [0.29, 0.717) is 26.3 Å². The average Bonchev–Trinajstić information content (AvgIpc) is 2.50. The van der Waals surface area contributed by atoms with Crippen molar-refractivity contribution in [1.82, 2.24) is 10.6 Å². The number of ether oxygens (including phenoxy) is 2. The van der Waals surface area contributed by atoms with Gasteiger partial charge in [0.2, 0.25) is 11.8 Å². The van der Waals surface area contributed by atoms with E-state index < -0.39 is 0 Å². The van der Waals surface area contributed by atoms with Gasteiger partial charge in [-0.3, -0.25) is 9.59 Å². The molecule has 2 amide bonds. The minimum Gasteiger partial charge on any atom is -0.382 e. The highest BCUT2D eigenvalue weighted by Gasteiger charge is 2.04. The van der Waals surface area contributed by atoms with E-state index in [1.165, 1.54) is 12.1 Å². The van der Waals surface area contributed by atoms with Crippen LogP contribution in [0.4, 0.5) is 4.39 Å². The molecule has 0 unspecified atom stereocenters. The van der Waals surface area contributed by atoms with Crippen molar-refractivity contribution in [3.8, 4) is 0 Å². The van der Waals surface area contributed by atoms with Crippen molar-refractivity contribution in [3.05, 3.63) is 35.6 Å². The molecule has 1 aromatic rings. The summed E-state index contributed by atoms with van der Waals surface area (Å²) in [5, 5.41) is 5.29. The quantitative estimate of drug-likeness (QED) is 0.608. The number of halogens is 1. The first-order valence-electron chi connectivity index (χ1n) is 6.96. The standard InChI is InChI=1S/C15H21FN2O4/c1-21-8-9-22-11-15(20)18-7-6-17-14(19)10-12-2-4-13(16)5-3-12/h2-5H,6-11H2,1H3,(H,17,19)(H,18,20). The first-order valence-corrected chi connectivity index (χ1v) is 6.96. The maximum absolute atomic E-state index is 12.7. The van der Waals surface area contributed by atoms with Crippen molar-refractivity contribution in [1.29, 1.82) is 0 Å². The molecule has 0 fully saturated rings. The SMILES string of the molecule is COCCOCC(=O)NCCNC(=O)Cc1ccc(F)cc1. The summed E-state index contributed by atoms with van der Waals surface area (Å²) in [6.45, 7) is 1.41. The summed E-state index contributed by atoms with van der Waals surface area (Å²) in [5.41, 5.74) is 0.731. The molecule has 0 radical (unpaired) electrons. The Morgan fingerprint density at radius 2 is 1.68 bits per heavy atom. The molecule has 1 rings (SSSR count). The van der Waals surface area contributed by atoms with Crippen LogP contribution in [-0.2, 0) is 25.5 Å². The van der Waals surface area contributed by atoms with Crippen LogP contribution in [0.5, 0.6) is 0 Å². The van der Waals surface area contributed by atoms with Crippen molar-refractivity contribution >= 4 is 11.8 Å². The van der Waals surface area contributed by atoms with Crippen molar-refractivity contribution in [3.63, 3.8) is 0 Å². The fraction of sp³-hybridized carbons (Fsp3) is 0.467. The van der Waals surface area contributed by atoms with Gasteiger partial charge in [0.25, 0.3) is 0 Å². The van der Waals surface area contributed by atoms with Crippen LogP contribution < -0.4 is 10.6 Å². The Balaban J connectivity index is 2.07. The average molecular weight is 312 g/mol. The Morgan fingerprint density at radius 3 is 2.32 bits per heavy atom. The van der Waals surface area contributed by atoms with Gasteiger partial charge in [0.1, 0.15) is 12.4 Å². The third-order valence-electron chi connectivity index (χ3n) is 2.71. The lowest BCUT2D eigenvalue weighted by Crippen LogP contribution is -2.36. The van der Waals surface area contributed by atoms with Gasteiger partial charge >= 0.3 is 0 Å². The van der Waals surface area contributed by atoms with E-state index >= 15 is 0 Å². The summed E-state index contributed by atoms with van der Waals surface area (Å²) in [5.74, 6) is -0.763. The zero-order chi connectivity index (χ0) is 16.2. The van der Waals surface area contributed by atoms with E-state index in [2.05, 4.69) is 10.6 Å². The van der Waals surface area contributed by atoms with Crippen LogP contribution in [0, 0.1) is 5.82 Å². The summed E-state index contributed by atoms with van der Waals surface area (Å²) in [7, 11) is 1.55. The molecule has 0 aliphatic rings. The summed E-state index contributed by atoms with van der Waals surface area (Å²) in [4.78, 5) is 23.0. The third kappa shape index (κ3) is 8.33. The monoisotopic (exact) mass is 312 g/mol. The van der Waals surface area contributed by atoms with E-state index in [1.54, 1.807) is 19.2 Å². The number of carbonyl (C=O) groups excluding carboxylic acids is 2. The first-order chi connectivity index (χ1) is 10.6. The van der Waals surface area contributed by atoms with Crippen LogP contribution in [0.25, 0.3) is 0 Å². The summed E-state index contributed by atoms with van der Waals surface area (Å²) >= 11 is 0. The maximum atomic E-state index is 12.7. The highest BCUT2D eigenvalue weighted by molar-refractivity contribution is 5.79. The lowest BCUT2D eigenvalue weighted by atomic mass is 10.1. The molecule has 0 atom stereocenters. The Kier molecular flexibility index (Phi) is 8.78. The largest absolute Gasteiger partial charge is 0.382 e. The van der Waals surface area contributed by atoms with Gasteiger partial charge in [0.05, 0.1) is 19.6 Å². The van der Waals surface area contributed by atoms with Gasteiger partial charge < -0.3 is 20.1 Å². The first kappa shape index (κ1) is 18.1. The number of amides is 2. The highest BCUT2D eigenvalue weighted by Crippen LogP contribution is 2.03. The number of methoxy groups -OCH3 is 1. The zero-order valence-corrected chi connectivity index (χ0v) is 12.6. The van der Waals surface area contributed by atoms with Gasteiger partial charge in [-0.2, -0.15) is 0 Å². The maximum Gasteiger partial charge on any atom is 0.246 e. The van der Waals surface area contributed by atoms with E-state index in [4.69, 9.17) is 9.47 Å². The molecule has 0 saturated carbocycles. The third-order valence-corrected chi connectivity index (χ3v) is 2.71. The molecule has 7 heteroatoms. The summed E-state index contributed by atoms with van der Waals surface area (Å²) in [6, 6.07) is 5.75. The number of hydrogen-bond donors (Lipinski definition) is 2. The number of carbonyl (C=O) groups is 2. The second kappa shape index (κ2) is 10.7. The predicted octanol–water partition coefficient (Wildman–Crippen LogP) is 0.264. The van der Waals surface area contributed by atoms with Crippen molar-refractivity contribution in [2.24, 2.45) is 0 Å². The highest BCUT2D eigenvalue weighted by atomic mass is 19.1. The molecule has 22 heavy (non-hydrogen) atoms. The molecule has 0 aliphatic carbocycles. The lowest BCUT2D eigenvalue weighted by molar-refractivity contribution is -0.126. The fourth-order valence-corrected chi connectivity index (χ4v) is 1.61. The smallest absolute Gasteiger partial charge is 0.246 e. The molecule has 2 N–H and O–H groups in total. The topological polar surface area (TPSA) is 76.7 Å². The number of hydrogen-bond acceptors (Lipinski definition) is 4. The second-order valence-corrected chi connectivity index (χ2v) is 4.55. The normalized spacial score (nSPS) is 10.3. The minimum atomic E-state index is -0.334. The molecular formula is C15H21FN2O4. The van der Waals surface area contributed by atoms with Crippen LogP contribution in [0.2, 0.25) is 0 Å². The van der Waals surface area contributed by atoms with Crippen LogP contribution in [0.1, 0.15) is 5.56 Å². The molecule has 0 saturated heterocycles. The van der Waals surface area contributed by atoms with Gasteiger partial charge in [-0.1, -0.05) is 12.1 Å². The van der Waals surface area contributed by atoms with Crippen molar-refractivity contribution in [2.45, 2.75) is 6.42 Å². The van der Waals surface area contributed by atoms with Gasteiger partial charge in [0, 0.05) is 20.2 Å². The van der Waals surface area contributed by atoms with Crippen LogP contribution in [0.15, 0.2) is 24.3 Å². The molecule has 1 aromatic carbocycles. The number of benzene rings is 1. The van der Waals surface area contributed by atoms with Gasteiger partial charge in [-0.15, -0.1) is 0 Å².